The first-order chi connectivity index (χ1) is 30.7. The second-order valence-electron chi connectivity index (χ2n) is 15.7. The van der Waals surface area contributed by atoms with E-state index in [1.165, 1.54) is 62.6 Å². The monoisotopic (exact) mass is 824 g/mol. The van der Waals surface area contributed by atoms with Crippen LogP contribution in [-0.4, -0.2) is 9.97 Å². The van der Waals surface area contributed by atoms with E-state index in [9.17, 15) is 0 Å². The number of fused-ring (bicyclic) bond motifs is 6. The third-order valence-corrected chi connectivity index (χ3v) is 14.2. The van der Waals surface area contributed by atoms with Crippen molar-refractivity contribution in [3.8, 4) is 78.4 Å². The van der Waals surface area contributed by atoms with Gasteiger partial charge in [-0.05, 0) is 99.1 Å². The summed E-state index contributed by atoms with van der Waals surface area (Å²) in [4.78, 5) is 10.6. The van der Waals surface area contributed by atoms with Gasteiger partial charge in [-0.2, -0.15) is 0 Å². The van der Waals surface area contributed by atoms with Crippen molar-refractivity contribution in [3.63, 3.8) is 0 Å². The second kappa shape index (κ2) is 15.2. The van der Waals surface area contributed by atoms with Crippen molar-refractivity contribution < 1.29 is 0 Å². The lowest BCUT2D eigenvalue weighted by Crippen LogP contribution is -1.97. The predicted octanol–water partition coefficient (Wildman–Crippen LogP) is 16.9. The third-order valence-electron chi connectivity index (χ3n) is 11.9. The molecule has 3 aromatic heterocycles. The summed E-state index contributed by atoms with van der Waals surface area (Å²) in [5.74, 6) is 0.694. The maximum Gasteiger partial charge on any atom is 0.160 e. The fraction of sp³-hybridized carbons (Fsp3) is 0. The van der Waals surface area contributed by atoms with Gasteiger partial charge in [0.1, 0.15) is 0 Å². The highest BCUT2D eigenvalue weighted by molar-refractivity contribution is 7.26. The van der Waals surface area contributed by atoms with E-state index >= 15 is 0 Å². The molecule has 0 spiro atoms. The summed E-state index contributed by atoms with van der Waals surface area (Å²) >= 11 is 3.71. The molecule has 290 valence electrons. The molecule has 9 aromatic carbocycles. The first-order valence-electron chi connectivity index (χ1n) is 20.9. The summed E-state index contributed by atoms with van der Waals surface area (Å²) in [6.45, 7) is 0. The number of benzene rings is 9. The number of thiophene rings is 2. The first kappa shape index (κ1) is 36.4. The predicted molar refractivity (Wildman–Crippen MR) is 266 cm³/mol. The van der Waals surface area contributed by atoms with Gasteiger partial charge in [0.2, 0.25) is 0 Å². The van der Waals surface area contributed by atoms with Crippen molar-refractivity contribution in [3.05, 3.63) is 218 Å². The molecular formula is C58H36N2S2. The summed E-state index contributed by atoms with van der Waals surface area (Å²) in [6, 6.07) is 78.7. The smallest absolute Gasteiger partial charge is 0.160 e. The van der Waals surface area contributed by atoms with Crippen LogP contribution in [0.2, 0.25) is 0 Å². The molecule has 4 heteroatoms. The fourth-order valence-electron chi connectivity index (χ4n) is 8.80. The minimum atomic E-state index is 0.694. The quantitative estimate of drug-likeness (QED) is 0.160. The Kier molecular flexibility index (Phi) is 8.91. The van der Waals surface area contributed by atoms with Crippen LogP contribution in [-0.2, 0) is 0 Å². The fourth-order valence-corrected chi connectivity index (χ4v) is 11.2. The van der Waals surface area contributed by atoms with Gasteiger partial charge < -0.3 is 0 Å². The van der Waals surface area contributed by atoms with E-state index in [1.54, 1.807) is 0 Å². The molecule has 0 atom stereocenters. The van der Waals surface area contributed by atoms with E-state index in [4.69, 9.17) is 9.97 Å². The molecule has 0 saturated carbocycles. The molecule has 2 nitrogen and oxygen atoms in total. The summed E-state index contributed by atoms with van der Waals surface area (Å²) in [5, 5.41) is 5.19. The van der Waals surface area contributed by atoms with E-state index < -0.39 is 0 Å². The Labute approximate surface area is 367 Å². The Morgan fingerprint density at radius 3 is 1.52 bits per heavy atom. The lowest BCUT2D eigenvalue weighted by Gasteiger charge is -2.14. The van der Waals surface area contributed by atoms with Crippen LogP contribution >= 0.6 is 22.7 Å². The minimum Gasteiger partial charge on any atom is -0.228 e. The highest BCUT2D eigenvalue weighted by atomic mass is 32.1. The molecule has 0 aliphatic rings. The van der Waals surface area contributed by atoms with Crippen molar-refractivity contribution in [1.82, 2.24) is 9.97 Å². The van der Waals surface area contributed by atoms with Gasteiger partial charge in [0.25, 0.3) is 0 Å². The van der Waals surface area contributed by atoms with E-state index in [-0.39, 0.29) is 0 Å². The lowest BCUT2D eigenvalue weighted by molar-refractivity contribution is 1.18. The highest BCUT2D eigenvalue weighted by Gasteiger charge is 2.17. The number of rotatable bonds is 7. The zero-order valence-electron chi connectivity index (χ0n) is 33.5. The van der Waals surface area contributed by atoms with Crippen LogP contribution in [0.25, 0.3) is 119 Å². The van der Waals surface area contributed by atoms with Gasteiger partial charge in [0.05, 0.1) is 11.4 Å². The van der Waals surface area contributed by atoms with Gasteiger partial charge in [-0.3, -0.25) is 0 Å². The molecule has 3 heterocycles. The Morgan fingerprint density at radius 1 is 0.258 bits per heavy atom. The zero-order chi connectivity index (χ0) is 41.0. The molecule has 12 aromatic rings. The van der Waals surface area contributed by atoms with Gasteiger partial charge in [0, 0.05) is 57.0 Å². The highest BCUT2D eigenvalue weighted by Crippen LogP contribution is 2.43. The van der Waals surface area contributed by atoms with Crippen LogP contribution in [0, 0.1) is 0 Å². The SMILES string of the molecule is c1ccc(-c2cccc(-c3cc(-c4cc(-c5cccc(-c6ccc7c(c6)sc6ccccc67)c5)nc(-c5ccccc5)n4)cc(-c4cccc5c4sc4ccccc45)c3)c2)cc1. The molecule has 0 saturated heterocycles. The van der Waals surface area contributed by atoms with Crippen molar-refractivity contribution in [2.24, 2.45) is 0 Å². The molecular weight excluding hydrogens is 789 g/mol. The molecule has 62 heavy (non-hydrogen) atoms. The van der Waals surface area contributed by atoms with E-state index in [1.807, 2.05) is 28.7 Å². The lowest BCUT2D eigenvalue weighted by atomic mass is 9.92. The van der Waals surface area contributed by atoms with Gasteiger partial charge in [-0.15, -0.1) is 22.7 Å². The molecule has 0 fully saturated rings. The van der Waals surface area contributed by atoms with E-state index in [2.05, 4.69) is 212 Å². The molecule has 0 aliphatic carbocycles. The largest absolute Gasteiger partial charge is 0.228 e. The molecule has 0 N–H and O–H groups in total. The van der Waals surface area contributed by atoms with Crippen LogP contribution in [0.4, 0.5) is 0 Å². The molecule has 0 amide bonds. The number of nitrogens with zero attached hydrogens (tertiary/aromatic N) is 2. The van der Waals surface area contributed by atoms with Gasteiger partial charge in [-0.25, -0.2) is 9.97 Å². The molecule has 0 radical (unpaired) electrons. The van der Waals surface area contributed by atoms with Crippen LogP contribution in [0.15, 0.2) is 218 Å². The maximum absolute atomic E-state index is 5.36. The van der Waals surface area contributed by atoms with Gasteiger partial charge in [-0.1, -0.05) is 164 Å². The van der Waals surface area contributed by atoms with Gasteiger partial charge in [0.15, 0.2) is 5.82 Å². The van der Waals surface area contributed by atoms with Crippen molar-refractivity contribution in [2.75, 3.05) is 0 Å². The van der Waals surface area contributed by atoms with E-state index in [0.717, 1.165) is 50.3 Å². The Morgan fingerprint density at radius 2 is 0.742 bits per heavy atom. The summed E-state index contributed by atoms with van der Waals surface area (Å²) < 4.78 is 5.18. The summed E-state index contributed by atoms with van der Waals surface area (Å²) in [6.07, 6.45) is 0. The summed E-state index contributed by atoms with van der Waals surface area (Å²) in [5.41, 5.74) is 14.2. The van der Waals surface area contributed by atoms with Crippen LogP contribution < -0.4 is 0 Å². The first-order valence-corrected chi connectivity index (χ1v) is 22.5. The Balaban J connectivity index is 1.04. The molecule has 12 rings (SSSR count). The molecule has 0 unspecified atom stereocenters. The van der Waals surface area contributed by atoms with Crippen LogP contribution in [0.5, 0.6) is 0 Å². The molecule has 0 aliphatic heterocycles. The average Bonchev–Trinajstić information content (AvgIpc) is 3.93. The van der Waals surface area contributed by atoms with E-state index in [0.29, 0.717) is 5.82 Å². The van der Waals surface area contributed by atoms with Gasteiger partial charge >= 0.3 is 0 Å². The average molecular weight is 825 g/mol. The topological polar surface area (TPSA) is 25.8 Å². The molecule has 0 bridgehead atoms. The van der Waals surface area contributed by atoms with Crippen LogP contribution in [0.1, 0.15) is 0 Å². The minimum absolute atomic E-state index is 0.694. The second-order valence-corrected chi connectivity index (χ2v) is 17.9. The number of hydrogen-bond donors (Lipinski definition) is 0. The van der Waals surface area contributed by atoms with Crippen LogP contribution in [0.3, 0.4) is 0 Å². The third kappa shape index (κ3) is 6.58. The maximum atomic E-state index is 5.36. The van der Waals surface area contributed by atoms with Crippen molar-refractivity contribution in [2.45, 2.75) is 0 Å². The van der Waals surface area contributed by atoms with Crippen molar-refractivity contribution in [1.29, 1.82) is 0 Å². The standard InChI is InChI=1S/C58H36N2S2/c1-3-14-37(15-4-1)39-18-11-20-41(30-39)44-32-45(47-24-13-25-51-49-23-8-10-27-55(49)62-57(47)51)34-46(33-44)53-36-52(59-58(60-53)38-16-5-2-6-17-38)43-21-12-19-40(31-43)42-28-29-50-48-22-7-9-26-54(48)61-56(50)35-42/h1-36H. The Hall–Kier alpha value is -7.50. The zero-order valence-corrected chi connectivity index (χ0v) is 35.1. The normalized spacial score (nSPS) is 11.5. The van der Waals surface area contributed by atoms with Crippen molar-refractivity contribution >= 4 is 63.0 Å². The number of aromatic nitrogens is 2. The Bertz CT molecular complexity index is 3640. The number of hydrogen-bond acceptors (Lipinski definition) is 4. The summed E-state index contributed by atoms with van der Waals surface area (Å²) in [7, 11) is 0.